The van der Waals surface area contributed by atoms with Gasteiger partial charge in [-0.05, 0) is 50.7 Å². The van der Waals surface area contributed by atoms with Gasteiger partial charge in [0.2, 0.25) is 5.91 Å². The van der Waals surface area contributed by atoms with Crippen molar-refractivity contribution >= 4 is 22.6 Å². The molecule has 1 unspecified atom stereocenters. The number of aromatic nitrogens is 3. The number of benzene rings is 1. The molecule has 27 heavy (non-hydrogen) atoms. The zero-order valence-electron chi connectivity index (χ0n) is 15.6. The van der Waals surface area contributed by atoms with Crippen LogP contribution in [0.2, 0.25) is 0 Å². The Hall–Kier alpha value is -2.93. The van der Waals surface area contributed by atoms with Crippen molar-refractivity contribution in [2.45, 2.75) is 12.8 Å². The van der Waals surface area contributed by atoms with Crippen LogP contribution < -0.4 is 10.1 Å². The van der Waals surface area contributed by atoms with Crippen LogP contribution in [0.1, 0.15) is 12.8 Å². The van der Waals surface area contributed by atoms with Crippen molar-refractivity contribution < 1.29 is 9.53 Å². The highest BCUT2D eigenvalue weighted by molar-refractivity contribution is 6.03. The van der Waals surface area contributed by atoms with E-state index >= 15 is 0 Å². The number of likely N-dealkylation sites (tertiary alicyclic amines) is 1. The van der Waals surface area contributed by atoms with Gasteiger partial charge in [-0.1, -0.05) is 6.07 Å². The van der Waals surface area contributed by atoms with Gasteiger partial charge in [0.05, 0.1) is 23.0 Å². The summed E-state index contributed by atoms with van der Waals surface area (Å²) in [6.07, 6.45) is 5.29. The first-order valence-corrected chi connectivity index (χ1v) is 9.15. The predicted octanol–water partition coefficient (Wildman–Crippen LogP) is 3.04. The molecule has 1 aliphatic heterocycles. The molecular formula is C20H23N5O2. The van der Waals surface area contributed by atoms with Gasteiger partial charge in [-0.15, -0.1) is 0 Å². The zero-order chi connectivity index (χ0) is 18.8. The van der Waals surface area contributed by atoms with Gasteiger partial charge in [-0.25, -0.2) is 0 Å². The minimum absolute atomic E-state index is 0.0118. The molecule has 2 aromatic heterocycles. The predicted molar refractivity (Wildman–Crippen MR) is 104 cm³/mol. The summed E-state index contributed by atoms with van der Waals surface area (Å²) in [5.74, 6) is 1.81. The molecule has 0 spiro atoms. The smallest absolute Gasteiger partial charge is 0.229 e. The fourth-order valence-corrected chi connectivity index (χ4v) is 3.59. The number of anilines is 1. The minimum Gasteiger partial charge on any atom is -0.455 e. The summed E-state index contributed by atoms with van der Waals surface area (Å²) >= 11 is 0. The molecule has 1 amide bonds. The molecule has 0 bridgehead atoms. The van der Waals surface area contributed by atoms with Crippen molar-refractivity contribution in [2.75, 3.05) is 25.5 Å². The van der Waals surface area contributed by atoms with E-state index in [4.69, 9.17) is 4.74 Å². The lowest BCUT2D eigenvalue weighted by molar-refractivity contribution is -0.121. The molecule has 7 heteroatoms. The topological polar surface area (TPSA) is 72.3 Å². The minimum atomic E-state index is -0.0211. The molecule has 1 fully saturated rings. The highest BCUT2D eigenvalue weighted by atomic mass is 16.5. The number of fused-ring (bicyclic) bond motifs is 1. The Labute approximate surface area is 157 Å². The number of carbonyl (C=O) groups is 1. The number of hydrogen-bond acceptors (Lipinski definition) is 5. The number of amides is 1. The Morgan fingerprint density at radius 2 is 2.15 bits per heavy atom. The van der Waals surface area contributed by atoms with Crippen LogP contribution in [0, 0.1) is 5.92 Å². The third-order valence-corrected chi connectivity index (χ3v) is 4.94. The Morgan fingerprint density at radius 1 is 1.26 bits per heavy atom. The largest absolute Gasteiger partial charge is 0.455 e. The molecule has 1 N–H and O–H groups in total. The zero-order valence-corrected chi connectivity index (χ0v) is 15.6. The maximum Gasteiger partial charge on any atom is 0.229 e. The van der Waals surface area contributed by atoms with Crippen LogP contribution in [0.4, 0.5) is 5.82 Å². The van der Waals surface area contributed by atoms with Crippen LogP contribution in [-0.4, -0.2) is 45.7 Å². The molecule has 0 aliphatic carbocycles. The van der Waals surface area contributed by atoms with Gasteiger partial charge in [0.1, 0.15) is 11.5 Å². The molecule has 1 aromatic carbocycles. The van der Waals surface area contributed by atoms with E-state index in [0.29, 0.717) is 17.3 Å². The van der Waals surface area contributed by atoms with Gasteiger partial charge >= 0.3 is 0 Å². The van der Waals surface area contributed by atoms with Gasteiger partial charge in [-0.3, -0.25) is 14.5 Å². The van der Waals surface area contributed by atoms with Gasteiger partial charge in [0.25, 0.3) is 0 Å². The molecule has 140 valence electrons. The molecule has 3 aromatic rings. The van der Waals surface area contributed by atoms with Crippen molar-refractivity contribution in [1.82, 2.24) is 19.7 Å². The number of nitrogens with one attached hydrogen (secondary N) is 1. The number of carbonyl (C=O) groups excluding carboxylic acids is 1. The molecule has 3 heterocycles. The molecule has 7 nitrogen and oxygen atoms in total. The summed E-state index contributed by atoms with van der Waals surface area (Å²) in [4.78, 5) is 19.1. The second-order valence-corrected chi connectivity index (χ2v) is 7.00. The molecule has 0 radical (unpaired) electrons. The molecular weight excluding hydrogens is 342 g/mol. The van der Waals surface area contributed by atoms with Crippen LogP contribution in [0.25, 0.3) is 10.9 Å². The Morgan fingerprint density at radius 3 is 2.93 bits per heavy atom. The first kappa shape index (κ1) is 17.5. The van der Waals surface area contributed by atoms with E-state index in [2.05, 4.69) is 27.3 Å². The summed E-state index contributed by atoms with van der Waals surface area (Å²) in [5.41, 5.74) is 0.896. The third kappa shape index (κ3) is 3.64. The van der Waals surface area contributed by atoms with Gasteiger partial charge in [-0.2, -0.15) is 5.10 Å². The lowest BCUT2D eigenvalue weighted by Crippen LogP contribution is -2.38. The fraction of sp³-hybridized carbons (Fsp3) is 0.350. The monoisotopic (exact) mass is 365 g/mol. The highest BCUT2D eigenvalue weighted by Crippen LogP contribution is 2.35. The maximum absolute atomic E-state index is 12.8. The summed E-state index contributed by atoms with van der Waals surface area (Å²) in [6.45, 7) is 1.81. The van der Waals surface area contributed by atoms with E-state index in [-0.39, 0.29) is 11.8 Å². The Balaban J connectivity index is 1.65. The van der Waals surface area contributed by atoms with Crippen LogP contribution in [0.15, 0.2) is 42.7 Å². The normalized spacial score (nSPS) is 17.8. The van der Waals surface area contributed by atoms with Crippen molar-refractivity contribution in [2.24, 2.45) is 13.0 Å². The molecule has 1 aliphatic rings. The summed E-state index contributed by atoms with van der Waals surface area (Å²) in [5, 5.41) is 8.34. The number of piperidine rings is 1. The number of pyridine rings is 1. The van der Waals surface area contributed by atoms with Crippen LogP contribution in [0.3, 0.4) is 0 Å². The van der Waals surface area contributed by atoms with Crippen LogP contribution in [-0.2, 0) is 11.8 Å². The Kier molecular flexibility index (Phi) is 4.77. The van der Waals surface area contributed by atoms with Gasteiger partial charge < -0.3 is 15.0 Å². The lowest BCUT2D eigenvalue weighted by atomic mass is 9.97. The van der Waals surface area contributed by atoms with Crippen molar-refractivity contribution in [1.29, 1.82) is 0 Å². The lowest BCUT2D eigenvalue weighted by Gasteiger charge is -2.28. The van der Waals surface area contributed by atoms with Crippen molar-refractivity contribution in [3.8, 4) is 11.5 Å². The molecule has 0 saturated carbocycles. The van der Waals surface area contributed by atoms with E-state index in [1.807, 2.05) is 37.4 Å². The molecule has 4 rings (SSSR count). The molecule has 1 saturated heterocycles. The van der Waals surface area contributed by atoms with E-state index in [0.717, 1.165) is 36.8 Å². The average Bonchev–Trinajstić information content (AvgIpc) is 2.99. The average molecular weight is 365 g/mol. The number of aryl methyl sites for hydroxylation is 1. The quantitative estimate of drug-likeness (QED) is 0.769. The maximum atomic E-state index is 12.8. The summed E-state index contributed by atoms with van der Waals surface area (Å²) < 4.78 is 7.77. The highest BCUT2D eigenvalue weighted by Gasteiger charge is 2.26. The van der Waals surface area contributed by atoms with E-state index < -0.39 is 0 Å². The van der Waals surface area contributed by atoms with Crippen molar-refractivity contribution in [3.63, 3.8) is 0 Å². The number of nitrogens with zero attached hydrogens (tertiary/aromatic N) is 4. The molecule has 1 atom stereocenters. The first-order valence-electron chi connectivity index (χ1n) is 9.15. The standard InChI is InChI=1S/C20H23N5O2/c1-24-11-5-6-14(13-24)20(26)22-19-18-16(25(2)23-19)8-3-9-17(18)27-15-7-4-10-21-12-15/h3-4,7-10,12,14H,5-6,11,13H2,1-2H3,(H,22,23,26). The second-order valence-electron chi connectivity index (χ2n) is 7.00. The second kappa shape index (κ2) is 7.36. The SMILES string of the molecule is CN1CCCC(C(=O)Nc2nn(C)c3cccc(Oc4cccnc4)c23)C1. The Bertz CT molecular complexity index is 954. The third-order valence-electron chi connectivity index (χ3n) is 4.94. The number of ether oxygens (including phenoxy) is 1. The van der Waals surface area contributed by atoms with Crippen LogP contribution in [0.5, 0.6) is 11.5 Å². The van der Waals surface area contributed by atoms with E-state index in [9.17, 15) is 4.79 Å². The van der Waals surface area contributed by atoms with E-state index in [1.54, 1.807) is 17.1 Å². The van der Waals surface area contributed by atoms with Gasteiger partial charge in [0.15, 0.2) is 5.82 Å². The fourth-order valence-electron chi connectivity index (χ4n) is 3.59. The summed E-state index contributed by atoms with van der Waals surface area (Å²) in [6, 6.07) is 9.42. The first-order chi connectivity index (χ1) is 13.1. The van der Waals surface area contributed by atoms with Crippen molar-refractivity contribution in [3.05, 3.63) is 42.7 Å². The number of rotatable bonds is 4. The van der Waals surface area contributed by atoms with Gasteiger partial charge in [0, 0.05) is 19.8 Å². The van der Waals surface area contributed by atoms with Crippen LogP contribution >= 0.6 is 0 Å². The van der Waals surface area contributed by atoms with E-state index in [1.165, 1.54) is 0 Å². The number of hydrogen-bond donors (Lipinski definition) is 1. The summed E-state index contributed by atoms with van der Waals surface area (Å²) in [7, 11) is 3.91.